The second-order valence-electron chi connectivity index (χ2n) is 5.87. The molecule has 5 heteroatoms. The molecule has 0 bridgehead atoms. The Bertz CT molecular complexity index is 502. The summed E-state index contributed by atoms with van der Waals surface area (Å²) in [5.74, 6) is 0.259. The zero-order valence-corrected chi connectivity index (χ0v) is 11.7. The van der Waals surface area contributed by atoms with Gasteiger partial charge in [0, 0.05) is 13.2 Å². The third-order valence-electron chi connectivity index (χ3n) is 3.33. The van der Waals surface area contributed by atoms with Crippen LogP contribution in [0.1, 0.15) is 32.8 Å². The Balaban J connectivity index is 2.09. The fourth-order valence-electron chi connectivity index (χ4n) is 1.97. The first kappa shape index (κ1) is 13.5. The number of nitrogens with one attached hydrogen (secondary N) is 1. The predicted octanol–water partition coefficient (Wildman–Crippen LogP) is 1.55. The van der Waals surface area contributed by atoms with Crippen LogP contribution in [0, 0.1) is 0 Å². The molecule has 2 heterocycles. The van der Waals surface area contributed by atoms with E-state index in [0.717, 1.165) is 10.5 Å². The molecule has 0 spiro atoms. The minimum atomic E-state index is -0.495. The molecule has 5 nitrogen and oxygen atoms in total. The van der Waals surface area contributed by atoms with Crippen molar-refractivity contribution >= 4 is 17.6 Å². The third kappa shape index (κ3) is 2.75. The van der Waals surface area contributed by atoms with Crippen LogP contribution in [-0.4, -0.2) is 34.8 Å². The molecule has 1 N–H and O–H groups in total. The Morgan fingerprint density at radius 2 is 2.00 bits per heavy atom. The number of hydrogen-bond donors (Lipinski definition) is 1. The van der Waals surface area contributed by atoms with Crippen LogP contribution in [0.3, 0.4) is 0 Å². The molecule has 1 aliphatic rings. The van der Waals surface area contributed by atoms with Crippen molar-refractivity contribution in [2.75, 3.05) is 12.4 Å². The summed E-state index contributed by atoms with van der Waals surface area (Å²) < 4.78 is 0. The van der Waals surface area contributed by atoms with Gasteiger partial charge in [-0.05, 0) is 17.0 Å². The minimum Gasteiger partial charge on any atom is -0.358 e. The summed E-state index contributed by atoms with van der Waals surface area (Å²) in [5, 5.41) is 3.01. The average Bonchev–Trinajstić information content (AvgIpc) is 2.57. The molecule has 0 saturated carbocycles. The van der Waals surface area contributed by atoms with Crippen molar-refractivity contribution in [3.05, 3.63) is 23.9 Å². The van der Waals surface area contributed by atoms with Gasteiger partial charge >= 0.3 is 0 Å². The van der Waals surface area contributed by atoms with Crippen molar-refractivity contribution in [2.45, 2.75) is 38.6 Å². The molecule has 2 amide bonds. The van der Waals surface area contributed by atoms with Crippen molar-refractivity contribution in [1.82, 2.24) is 9.88 Å². The van der Waals surface area contributed by atoms with Crippen LogP contribution >= 0.6 is 0 Å². The largest absolute Gasteiger partial charge is 0.358 e. The standard InChI is InChI=1S/C14H19N3O2/c1-14(2,3)9-5-6-11(15-8-9)16-10-7-12(18)17(4)13(10)19/h5-6,8,10H,7H2,1-4H3,(H,15,16). The zero-order valence-electron chi connectivity index (χ0n) is 11.7. The number of amides is 2. The van der Waals surface area contributed by atoms with Gasteiger partial charge in [-0.3, -0.25) is 14.5 Å². The Labute approximate surface area is 113 Å². The summed E-state index contributed by atoms with van der Waals surface area (Å²) in [6.07, 6.45) is 1.99. The number of likely N-dealkylation sites (tertiary alicyclic amines) is 1. The van der Waals surface area contributed by atoms with E-state index in [1.165, 1.54) is 7.05 Å². The van der Waals surface area contributed by atoms with Gasteiger partial charge in [0.1, 0.15) is 11.9 Å². The highest BCUT2D eigenvalue weighted by molar-refractivity contribution is 6.06. The molecule has 1 fully saturated rings. The number of anilines is 1. The molecule has 1 aromatic heterocycles. The highest BCUT2D eigenvalue weighted by Gasteiger charge is 2.36. The van der Waals surface area contributed by atoms with E-state index >= 15 is 0 Å². The summed E-state index contributed by atoms with van der Waals surface area (Å²) >= 11 is 0. The van der Waals surface area contributed by atoms with Gasteiger partial charge in [0.2, 0.25) is 5.91 Å². The Hall–Kier alpha value is -1.91. The Morgan fingerprint density at radius 3 is 2.42 bits per heavy atom. The second kappa shape index (κ2) is 4.64. The maximum absolute atomic E-state index is 11.8. The first-order valence-electron chi connectivity index (χ1n) is 6.32. The van der Waals surface area contributed by atoms with Gasteiger partial charge in [-0.2, -0.15) is 0 Å². The smallest absolute Gasteiger partial charge is 0.251 e. The van der Waals surface area contributed by atoms with Gasteiger partial charge in [0.15, 0.2) is 0 Å². The fourth-order valence-corrected chi connectivity index (χ4v) is 1.97. The molecule has 2 rings (SSSR count). The van der Waals surface area contributed by atoms with Crippen LogP contribution < -0.4 is 5.32 Å². The summed E-state index contributed by atoms with van der Waals surface area (Å²) in [6, 6.07) is 3.34. The van der Waals surface area contributed by atoms with Crippen molar-refractivity contribution < 1.29 is 9.59 Å². The molecule has 102 valence electrons. The van der Waals surface area contributed by atoms with Gasteiger partial charge in [0.25, 0.3) is 5.91 Å². The van der Waals surface area contributed by atoms with Gasteiger partial charge in [0.05, 0.1) is 6.42 Å². The lowest BCUT2D eigenvalue weighted by Crippen LogP contribution is -2.32. The van der Waals surface area contributed by atoms with Crippen molar-refractivity contribution in [2.24, 2.45) is 0 Å². The number of rotatable bonds is 2. The minimum absolute atomic E-state index is 0.0465. The number of carbonyl (C=O) groups excluding carboxylic acids is 2. The zero-order chi connectivity index (χ0) is 14.2. The van der Waals surface area contributed by atoms with E-state index in [1.807, 2.05) is 12.1 Å². The summed E-state index contributed by atoms with van der Waals surface area (Å²) in [5.41, 5.74) is 1.18. The normalized spacial score (nSPS) is 20.0. The fraction of sp³-hybridized carbons (Fsp3) is 0.500. The number of aromatic nitrogens is 1. The molecule has 1 saturated heterocycles. The number of likely N-dealkylation sites (N-methyl/N-ethyl adjacent to an activating group) is 1. The summed E-state index contributed by atoms with van der Waals surface area (Å²) in [6.45, 7) is 6.35. The Kier molecular flexibility index (Phi) is 3.30. The lowest BCUT2D eigenvalue weighted by atomic mass is 9.88. The van der Waals surface area contributed by atoms with Gasteiger partial charge in [-0.1, -0.05) is 26.8 Å². The SMILES string of the molecule is CN1C(=O)CC(Nc2ccc(C(C)(C)C)cn2)C1=O. The first-order chi connectivity index (χ1) is 8.79. The predicted molar refractivity (Wildman–Crippen MR) is 72.7 cm³/mol. The summed E-state index contributed by atoms with van der Waals surface area (Å²) in [7, 11) is 1.50. The molecule has 1 unspecified atom stereocenters. The van der Waals surface area contributed by atoms with Crippen LogP contribution in [0.4, 0.5) is 5.82 Å². The lowest BCUT2D eigenvalue weighted by Gasteiger charge is -2.19. The number of hydrogen-bond acceptors (Lipinski definition) is 4. The lowest BCUT2D eigenvalue weighted by molar-refractivity contribution is -0.136. The van der Waals surface area contributed by atoms with Gasteiger partial charge in [-0.25, -0.2) is 4.98 Å². The van der Waals surface area contributed by atoms with Crippen LogP contribution in [0.15, 0.2) is 18.3 Å². The van der Waals surface area contributed by atoms with Gasteiger partial charge in [-0.15, -0.1) is 0 Å². The summed E-state index contributed by atoms with van der Waals surface area (Å²) in [4.78, 5) is 28.6. The van der Waals surface area contributed by atoms with Gasteiger partial charge < -0.3 is 5.32 Å². The van der Waals surface area contributed by atoms with E-state index in [1.54, 1.807) is 6.20 Å². The first-order valence-corrected chi connectivity index (χ1v) is 6.32. The number of imide groups is 1. The van der Waals surface area contributed by atoms with E-state index in [4.69, 9.17) is 0 Å². The van der Waals surface area contributed by atoms with Crippen LogP contribution in [0.25, 0.3) is 0 Å². The van der Waals surface area contributed by atoms with Crippen LogP contribution in [0.5, 0.6) is 0 Å². The van der Waals surface area contributed by atoms with Crippen molar-refractivity contribution in [1.29, 1.82) is 0 Å². The van der Waals surface area contributed by atoms with Crippen LogP contribution in [-0.2, 0) is 15.0 Å². The molecule has 1 atom stereocenters. The van der Waals surface area contributed by atoms with Crippen LogP contribution in [0.2, 0.25) is 0 Å². The molecule has 0 aliphatic carbocycles. The molecule has 1 aromatic rings. The highest BCUT2D eigenvalue weighted by atomic mass is 16.2. The van der Waals surface area contributed by atoms with E-state index in [-0.39, 0.29) is 23.7 Å². The van der Waals surface area contributed by atoms with E-state index in [9.17, 15) is 9.59 Å². The molecule has 1 aliphatic heterocycles. The molecule has 0 aromatic carbocycles. The van der Waals surface area contributed by atoms with E-state index < -0.39 is 6.04 Å². The van der Waals surface area contributed by atoms with E-state index in [2.05, 4.69) is 31.1 Å². The van der Waals surface area contributed by atoms with Crippen molar-refractivity contribution in [3.63, 3.8) is 0 Å². The average molecular weight is 261 g/mol. The second-order valence-corrected chi connectivity index (χ2v) is 5.87. The van der Waals surface area contributed by atoms with E-state index in [0.29, 0.717) is 5.82 Å². The maximum atomic E-state index is 11.8. The quantitative estimate of drug-likeness (QED) is 0.820. The molecular weight excluding hydrogens is 242 g/mol. The van der Waals surface area contributed by atoms with Crippen molar-refractivity contribution in [3.8, 4) is 0 Å². The molecule has 0 radical (unpaired) electrons. The highest BCUT2D eigenvalue weighted by Crippen LogP contribution is 2.23. The number of pyridine rings is 1. The molecule has 19 heavy (non-hydrogen) atoms. The third-order valence-corrected chi connectivity index (χ3v) is 3.33. The topological polar surface area (TPSA) is 62.3 Å². The number of carbonyl (C=O) groups is 2. The maximum Gasteiger partial charge on any atom is 0.251 e. The Morgan fingerprint density at radius 1 is 1.32 bits per heavy atom. The number of nitrogens with zero attached hydrogens (tertiary/aromatic N) is 2. The monoisotopic (exact) mass is 261 g/mol. The molecular formula is C14H19N3O2.